The molecule has 3 aromatic rings. The number of aromatic amines is 2. The fourth-order valence-electron chi connectivity index (χ4n) is 3.51. The topological polar surface area (TPSA) is 78.2 Å². The van der Waals surface area contributed by atoms with Gasteiger partial charge in [-0.15, -0.1) is 0 Å². The van der Waals surface area contributed by atoms with Crippen LogP contribution in [-0.4, -0.2) is 34.4 Å². The number of nitrogens with zero attached hydrogens (tertiary/aromatic N) is 1. The van der Waals surface area contributed by atoms with Crippen molar-refractivity contribution in [2.24, 2.45) is 0 Å². The van der Waals surface area contributed by atoms with Crippen molar-refractivity contribution in [2.45, 2.75) is 19.6 Å². The Labute approximate surface area is 162 Å². The molecule has 0 radical (unpaired) electrons. The maximum Gasteiger partial charge on any atom is 0.270 e. The highest BCUT2D eigenvalue weighted by atomic mass is 79.9. The first-order valence-electron chi connectivity index (χ1n) is 8.40. The second-order valence-corrected chi connectivity index (χ2v) is 7.59. The number of likely N-dealkylation sites (N-methyl/N-ethyl adjacent to an activating group) is 1. The van der Waals surface area contributed by atoms with E-state index < -0.39 is 6.04 Å². The van der Waals surface area contributed by atoms with Gasteiger partial charge in [0, 0.05) is 34.4 Å². The molecule has 0 saturated heterocycles. The highest BCUT2D eigenvalue weighted by molar-refractivity contribution is 9.10. The molecular formula is C19H17BrFN3O3. The molecule has 1 unspecified atom stereocenters. The van der Waals surface area contributed by atoms with Crippen molar-refractivity contribution in [3.63, 3.8) is 0 Å². The van der Waals surface area contributed by atoms with Crippen LogP contribution in [0.2, 0.25) is 0 Å². The lowest BCUT2D eigenvalue weighted by atomic mass is 9.94. The highest BCUT2D eigenvalue weighted by Gasteiger charge is 2.31. The number of halogens is 2. The third-order valence-corrected chi connectivity index (χ3v) is 5.40. The van der Waals surface area contributed by atoms with E-state index in [4.69, 9.17) is 4.74 Å². The quantitative estimate of drug-likeness (QED) is 0.649. The first-order chi connectivity index (χ1) is 12.9. The van der Waals surface area contributed by atoms with E-state index in [9.17, 15) is 14.0 Å². The normalized spacial score (nSPS) is 16.4. The number of hydrogen-bond donors (Lipinski definition) is 2. The number of aryl methyl sites for hydroxylation is 1. The lowest BCUT2D eigenvalue weighted by Crippen LogP contribution is -2.37. The minimum absolute atomic E-state index is 0.211. The van der Waals surface area contributed by atoms with Gasteiger partial charge in [-0.2, -0.15) is 0 Å². The van der Waals surface area contributed by atoms with Gasteiger partial charge in [-0.1, -0.05) is 0 Å². The lowest BCUT2D eigenvalue weighted by Gasteiger charge is -2.33. The summed E-state index contributed by atoms with van der Waals surface area (Å²) in [6.07, 6.45) is 1.68. The first kappa shape index (κ1) is 17.9. The molecule has 2 N–H and O–H groups in total. The summed E-state index contributed by atoms with van der Waals surface area (Å²) in [4.78, 5) is 32.6. The zero-order valence-corrected chi connectivity index (χ0v) is 16.3. The van der Waals surface area contributed by atoms with E-state index in [0.717, 1.165) is 10.0 Å². The summed E-state index contributed by atoms with van der Waals surface area (Å²) in [6.45, 7) is 2.09. The molecule has 27 heavy (non-hydrogen) atoms. The molecule has 0 aliphatic carbocycles. The fourth-order valence-corrected chi connectivity index (χ4v) is 3.85. The molecular weight excluding hydrogens is 417 g/mol. The van der Waals surface area contributed by atoms with Gasteiger partial charge in [-0.05, 0) is 52.0 Å². The molecule has 0 spiro atoms. The Bertz CT molecular complexity index is 1120. The van der Waals surface area contributed by atoms with E-state index in [1.54, 1.807) is 37.2 Å². The SMILES string of the molecule is Cc1cc2c(=O)[nH]c3c(c2cc1F)C(N(C)C(=O)c1cc(Br)c[nH]1)COC3. The van der Waals surface area contributed by atoms with Crippen LogP contribution in [0.15, 0.2) is 33.7 Å². The maximum absolute atomic E-state index is 14.3. The predicted octanol–water partition coefficient (Wildman–Crippen LogP) is 3.41. The third-order valence-electron chi connectivity index (χ3n) is 4.94. The van der Waals surface area contributed by atoms with Gasteiger partial charge in [-0.3, -0.25) is 9.59 Å². The number of nitrogens with one attached hydrogen (secondary N) is 2. The van der Waals surface area contributed by atoms with Crippen molar-refractivity contribution in [1.82, 2.24) is 14.9 Å². The minimum Gasteiger partial charge on any atom is -0.373 e. The van der Waals surface area contributed by atoms with Crippen molar-refractivity contribution in [2.75, 3.05) is 13.7 Å². The van der Waals surface area contributed by atoms with Crippen molar-refractivity contribution >= 4 is 32.6 Å². The molecule has 1 aromatic carbocycles. The Morgan fingerprint density at radius 1 is 1.33 bits per heavy atom. The Kier molecular flexibility index (Phi) is 4.39. The second kappa shape index (κ2) is 6.61. The van der Waals surface area contributed by atoms with Gasteiger partial charge in [-0.25, -0.2) is 4.39 Å². The number of hydrogen-bond acceptors (Lipinski definition) is 3. The number of fused-ring (bicyclic) bond motifs is 3. The summed E-state index contributed by atoms with van der Waals surface area (Å²) in [5, 5.41) is 0.917. The summed E-state index contributed by atoms with van der Waals surface area (Å²) >= 11 is 3.32. The largest absolute Gasteiger partial charge is 0.373 e. The molecule has 1 aliphatic heterocycles. The van der Waals surface area contributed by atoms with Crippen LogP contribution in [0.1, 0.15) is 33.4 Å². The number of carbonyl (C=O) groups excluding carboxylic acids is 1. The van der Waals surface area contributed by atoms with Crippen LogP contribution < -0.4 is 5.56 Å². The molecule has 0 saturated carbocycles. The van der Waals surface area contributed by atoms with Crippen molar-refractivity contribution < 1.29 is 13.9 Å². The number of rotatable bonds is 2. The van der Waals surface area contributed by atoms with Crippen LogP contribution >= 0.6 is 15.9 Å². The van der Waals surface area contributed by atoms with Crippen molar-refractivity contribution in [3.8, 4) is 0 Å². The Hall–Kier alpha value is -2.45. The molecule has 0 fully saturated rings. The highest BCUT2D eigenvalue weighted by Crippen LogP contribution is 2.34. The smallest absolute Gasteiger partial charge is 0.270 e. The first-order valence-corrected chi connectivity index (χ1v) is 9.20. The van der Waals surface area contributed by atoms with Gasteiger partial charge in [0.25, 0.3) is 11.5 Å². The predicted molar refractivity (Wildman–Crippen MR) is 102 cm³/mol. The average molecular weight is 434 g/mol. The molecule has 1 amide bonds. The monoisotopic (exact) mass is 433 g/mol. The standard InChI is InChI=1S/C19H17BrFN3O3/c1-9-3-12-11(5-13(9)21)17-15(23-18(12)25)7-27-8-16(17)24(2)19(26)14-4-10(20)6-22-14/h3-6,16,22H,7-8H2,1-2H3,(H,23,25). The summed E-state index contributed by atoms with van der Waals surface area (Å²) in [5.74, 6) is -0.614. The molecule has 3 heterocycles. The fraction of sp³-hybridized carbons (Fsp3) is 0.263. The van der Waals surface area contributed by atoms with Gasteiger partial charge in [0.1, 0.15) is 11.5 Å². The lowest BCUT2D eigenvalue weighted by molar-refractivity contribution is 0.0333. The van der Waals surface area contributed by atoms with Crippen LogP contribution in [0.4, 0.5) is 4.39 Å². The Morgan fingerprint density at radius 2 is 2.11 bits per heavy atom. The summed E-state index contributed by atoms with van der Waals surface area (Å²) in [7, 11) is 1.67. The molecule has 1 aliphatic rings. The van der Waals surface area contributed by atoms with Crippen LogP contribution in [0.3, 0.4) is 0 Å². The number of amides is 1. The van der Waals surface area contributed by atoms with E-state index in [2.05, 4.69) is 25.9 Å². The number of benzene rings is 1. The minimum atomic E-state index is -0.454. The molecule has 140 valence electrons. The van der Waals surface area contributed by atoms with Gasteiger partial charge >= 0.3 is 0 Å². The summed E-state index contributed by atoms with van der Waals surface area (Å²) in [5.41, 5.74) is 1.82. The van der Waals surface area contributed by atoms with Crippen molar-refractivity contribution in [3.05, 3.63) is 67.6 Å². The van der Waals surface area contributed by atoms with Gasteiger partial charge < -0.3 is 19.6 Å². The zero-order chi connectivity index (χ0) is 19.3. The zero-order valence-electron chi connectivity index (χ0n) is 14.7. The molecule has 2 aromatic heterocycles. The number of H-pyrrole nitrogens is 2. The third kappa shape index (κ3) is 2.98. The number of carbonyl (C=O) groups is 1. The average Bonchev–Trinajstić information content (AvgIpc) is 3.08. The molecule has 1 atom stereocenters. The summed E-state index contributed by atoms with van der Waals surface area (Å²) < 4.78 is 20.6. The number of ether oxygens (including phenoxy) is 1. The van der Waals surface area contributed by atoms with Crippen molar-refractivity contribution in [1.29, 1.82) is 0 Å². The molecule has 6 nitrogen and oxygen atoms in total. The number of pyridine rings is 1. The van der Waals surface area contributed by atoms with E-state index >= 15 is 0 Å². The van der Waals surface area contributed by atoms with Gasteiger partial charge in [0.15, 0.2) is 0 Å². The van der Waals surface area contributed by atoms with Crippen LogP contribution in [0.25, 0.3) is 10.8 Å². The Balaban J connectivity index is 1.87. The van der Waals surface area contributed by atoms with Crippen LogP contribution in [0.5, 0.6) is 0 Å². The Morgan fingerprint density at radius 3 is 2.81 bits per heavy atom. The molecule has 8 heteroatoms. The maximum atomic E-state index is 14.3. The molecule has 4 rings (SSSR count). The van der Waals surface area contributed by atoms with Crippen LogP contribution in [-0.2, 0) is 11.3 Å². The summed E-state index contributed by atoms with van der Waals surface area (Å²) in [6, 6.07) is 4.16. The molecule has 0 bridgehead atoms. The van der Waals surface area contributed by atoms with E-state index in [-0.39, 0.29) is 30.5 Å². The van der Waals surface area contributed by atoms with Gasteiger partial charge in [0.2, 0.25) is 0 Å². The number of aromatic nitrogens is 2. The second-order valence-electron chi connectivity index (χ2n) is 6.67. The van der Waals surface area contributed by atoms with Gasteiger partial charge in [0.05, 0.1) is 19.3 Å². The van der Waals surface area contributed by atoms with Crippen LogP contribution in [0, 0.1) is 12.7 Å². The van der Waals surface area contributed by atoms with E-state index in [1.165, 1.54) is 6.07 Å². The van der Waals surface area contributed by atoms with E-state index in [1.807, 2.05) is 0 Å². The van der Waals surface area contributed by atoms with E-state index in [0.29, 0.717) is 27.7 Å².